The molecule has 0 aliphatic carbocycles. The topological polar surface area (TPSA) is 111 Å². The number of halogens is 1. The number of rotatable bonds is 10. The van der Waals surface area contributed by atoms with Crippen LogP contribution < -0.4 is 5.56 Å². The maximum atomic E-state index is 13.7. The fourth-order valence-corrected chi connectivity index (χ4v) is 5.69. The molecular weight excluding hydrogens is 521 g/mol. The van der Waals surface area contributed by atoms with Gasteiger partial charge < -0.3 is 9.84 Å². The minimum absolute atomic E-state index is 0.108. The highest BCUT2D eigenvalue weighted by atomic mass is 32.2. The molecule has 1 unspecified atom stereocenters. The molecule has 204 valence electrons. The average Bonchev–Trinajstić information content (AvgIpc) is 2.92. The maximum absolute atomic E-state index is 13.7. The summed E-state index contributed by atoms with van der Waals surface area (Å²) in [5.41, 5.74) is 0.923. The summed E-state index contributed by atoms with van der Waals surface area (Å²) >= 11 is 0. The molecule has 0 spiro atoms. The Morgan fingerprint density at radius 2 is 1.67 bits per heavy atom. The normalized spacial score (nSPS) is 12.5. The van der Waals surface area contributed by atoms with Crippen molar-refractivity contribution in [1.29, 1.82) is 0 Å². The van der Waals surface area contributed by atoms with Gasteiger partial charge in [-0.1, -0.05) is 56.3 Å². The van der Waals surface area contributed by atoms with Crippen LogP contribution >= 0.6 is 0 Å². The molecule has 1 atom stereocenters. The summed E-state index contributed by atoms with van der Waals surface area (Å²) < 4.78 is 47.4. The van der Waals surface area contributed by atoms with Crippen molar-refractivity contribution in [2.75, 3.05) is 13.7 Å². The second-order valence-electron chi connectivity index (χ2n) is 9.57. The van der Waals surface area contributed by atoms with Gasteiger partial charge in [-0.25, -0.2) is 13.4 Å². The van der Waals surface area contributed by atoms with Crippen LogP contribution in [0, 0.1) is 11.9 Å². The summed E-state index contributed by atoms with van der Waals surface area (Å²) in [6.07, 6.45) is 2.36. The lowest BCUT2D eigenvalue weighted by Crippen LogP contribution is -2.29. The zero-order chi connectivity index (χ0) is 28.2. The molecule has 0 saturated heterocycles. The highest BCUT2D eigenvalue weighted by Crippen LogP contribution is 2.33. The van der Waals surface area contributed by atoms with Crippen molar-refractivity contribution in [2.45, 2.75) is 42.5 Å². The minimum atomic E-state index is -4.47. The molecule has 0 aliphatic heterocycles. The number of aromatic hydroxyl groups is 1. The summed E-state index contributed by atoms with van der Waals surface area (Å²) in [7, 11) is -2.96. The van der Waals surface area contributed by atoms with Crippen LogP contribution in [-0.2, 0) is 21.0 Å². The number of ether oxygens (including phenoxy) is 1. The Balaban J connectivity index is 1.86. The van der Waals surface area contributed by atoms with Crippen molar-refractivity contribution in [3.8, 4) is 17.0 Å². The Morgan fingerprint density at radius 1 is 1.00 bits per heavy atom. The van der Waals surface area contributed by atoms with Gasteiger partial charge in [-0.15, -0.1) is 0 Å². The summed E-state index contributed by atoms with van der Waals surface area (Å²) in [6, 6.07) is 17.0. The quantitative estimate of drug-likeness (QED) is 0.282. The highest BCUT2D eigenvalue weighted by Gasteiger charge is 2.32. The van der Waals surface area contributed by atoms with Crippen molar-refractivity contribution < 1.29 is 22.7 Å². The van der Waals surface area contributed by atoms with Crippen LogP contribution in [0.15, 0.2) is 87.5 Å². The summed E-state index contributed by atoms with van der Waals surface area (Å²) in [5, 5.41) is 11.5. The van der Waals surface area contributed by atoms with Crippen LogP contribution in [0.2, 0.25) is 0 Å². The number of hydrogen-bond donors (Lipinski definition) is 1. The molecule has 0 amide bonds. The average molecular weight is 552 g/mol. The largest absolute Gasteiger partial charge is 0.493 e. The number of nitrogens with zero attached hydrogens (tertiary/aromatic N) is 3. The number of hydrogen-bond acceptors (Lipinski definition) is 7. The van der Waals surface area contributed by atoms with Crippen molar-refractivity contribution >= 4 is 9.84 Å². The molecule has 0 radical (unpaired) electrons. The lowest BCUT2D eigenvalue weighted by atomic mass is 10.0. The lowest BCUT2D eigenvalue weighted by Gasteiger charge is -2.26. The van der Waals surface area contributed by atoms with Crippen LogP contribution in [0.1, 0.15) is 37.7 Å². The summed E-state index contributed by atoms with van der Waals surface area (Å²) in [4.78, 5) is 20.0. The van der Waals surface area contributed by atoms with Gasteiger partial charge in [-0.05, 0) is 47.7 Å². The number of aromatic nitrogens is 3. The van der Waals surface area contributed by atoms with E-state index in [0.717, 1.165) is 5.56 Å². The van der Waals surface area contributed by atoms with Gasteiger partial charge in [0.15, 0.2) is 4.90 Å². The number of aryl methyl sites for hydroxylation is 1. The van der Waals surface area contributed by atoms with E-state index in [-0.39, 0.29) is 23.2 Å². The molecule has 4 rings (SSSR count). The minimum Gasteiger partial charge on any atom is -0.493 e. The summed E-state index contributed by atoms with van der Waals surface area (Å²) in [5.74, 6) is -0.758. The highest BCUT2D eigenvalue weighted by molar-refractivity contribution is 7.91. The van der Waals surface area contributed by atoms with E-state index in [0.29, 0.717) is 24.0 Å². The van der Waals surface area contributed by atoms with Crippen molar-refractivity contribution in [1.82, 2.24) is 14.5 Å². The first-order valence-electron chi connectivity index (χ1n) is 12.5. The van der Waals surface area contributed by atoms with Crippen molar-refractivity contribution in [2.24, 2.45) is 5.92 Å². The van der Waals surface area contributed by atoms with Crippen molar-refractivity contribution in [3.63, 3.8) is 0 Å². The zero-order valence-electron chi connectivity index (χ0n) is 21.9. The van der Waals surface area contributed by atoms with E-state index in [1.165, 1.54) is 54.3 Å². The molecule has 10 heteroatoms. The Labute approximate surface area is 226 Å². The third kappa shape index (κ3) is 6.07. The van der Waals surface area contributed by atoms with Gasteiger partial charge in [-0.3, -0.25) is 9.36 Å². The number of pyridine rings is 1. The third-order valence-corrected chi connectivity index (χ3v) is 8.18. The molecule has 39 heavy (non-hydrogen) atoms. The zero-order valence-corrected chi connectivity index (χ0v) is 22.7. The molecule has 0 bridgehead atoms. The van der Waals surface area contributed by atoms with E-state index in [4.69, 9.17) is 4.74 Å². The van der Waals surface area contributed by atoms with Crippen LogP contribution in [-0.4, -0.2) is 41.8 Å². The van der Waals surface area contributed by atoms with Crippen LogP contribution in [0.4, 0.5) is 4.39 Å². The molecule has 2 aromatic carbocycles. The Bertz CT molecular complexity index is 1590. The second-order valence-corrected chi connectivity index (χ2v) is 11.5. The SMILES string of the molecule is COCC(c1ccccc1)n1c(CCC(C)C)nc(=O)c(S(=O)(=O)c2ccc(-c3ccc(F)nc3)cc2)c1O. The molecule has 0 fully saturated rings. The number of methoxy groups -OCH3 is 1. The smallest absolute Gasteiger partial charge is 0.296 e. The first kappa shape index (κ1) is 28.1. The molecule has 4 aromatic rings. The van der Waals surface area contributed by atoms with Gasteiger partial charge in [-0.2, -0.15) is 9.37 Å². The van der Waals surface area contributed by atoms with Crippen LogP contribution in [0.5, 0.6) is 5.88 Å². The first-order valence-corrected chi connectivity index (χ1v) is 14.0. The van der Waals surface area contributed by atoms with E-state index in [2.05, 4.69) is 9.97 Å². The van der Waals surface area contributed by atoms with Gasteiger partial charge >= 0.3 is 0 Å². The fraction of sp³-hybridized carbons (Fsp3) is 0.276. The molecule has 0 aliphatic rings. The third-order valence-electron chi connectivity index (χ3n) is 6.39. The van der Waals surface area contributed by atoms with Gasteiger partial charge in [0.05, 0.1) is 17.5 Å². The van der Waals surface area contributed by atoms with Gasteiger partial charge in [0.1, 0.15) is 5.82 Å². The van der Waals surface area contributed by atoms with Gasteiger partial charge in [0.25, 0.3) is 5.56 Å². The fourth-order valence-electron chi connectivity index (χ4n) is 4.35. The Morgan fingerprint density at radius 3 is 2.26 bits per heavy atom. The van der Waals surface area contributed by atoms with E-state index < -0.39 is 38.2 Å². The molecule has 1 N–H and O–H groups in total. The molecular formula is C29H30FN3O5S. The number of sulfone groups is 1. The van der Waals surface area contributed by atoms with E-state index in [1.54, 1.807) is 0 Å². The standard InChI is InChI=1S/C29H30FN3O5S/c1-19(2)9-16-26-32-28(34)27(29(35)33(26)24(18-38-3)21-7-5-4-6-8-21)39(36,37)23-13-10-20(11-14-23)22-12-15-25(30)31-17-22/h4-8,10-15,17,19,24,35H,9,16,18H2,1-3H3. The van der Waals surface area contributed by atoms with E-state index in [1.807, 2.05) is 44.2 Å². The van der Waals surface area contributed by atoms with Gasteiger partial charge in [0.2, 0.25) is 21.7 Å². The molecule has 8 nitrogen and oxygen atoms in total. The Kier molecular flexibility index (Phi) is 8.57. The van der Waals surface area contributed by atoms with Crippen molar-refractivity contribution in [3.05, 3.63) is 101 Å². The summed E-state index contributed by atoms with van der Waals surface area (Å²) in [6.45, 7) is 4.16. The number of benzene rings is 2. The Hall–Kier alpha value is -3.89. The van der Waals surface area contributed by atoms with Crippen LogP contribution in [0.25, 0.3) is 11.1 Å². The second kappa shape index (κ2) is 11.9. The predicted molar refractivity (Wildman–Crippen MR) is 145 cm³/mol. The van der Waals surface area contributed by atoms with Crippen LogP contribution in [0.3, 0.4) is 0 Å². The molecule has 2 heterocycles. The predicted octanol–water partition coefficient (Wildman–Crippen LogP) is 4.81. The maximum Gasteiger partial charge on any atom is 0.296 e. The molecule has 2 aromatic heterocycles. The van der Waals surface area contributed by atoms with E-state index >= 15 is 0 Å². The first-order chi connectivity index (χ1) is 18.6. The monoisotopic (exact) mass is 551 g/mol. The molecule has 0 saturated carbocycles. The van der Waals surface area contributed by atoms with E-state index in [9.17, 15) is 22.7 Å². The van der Waals surface area contributed by atoms with Gasteiger partial charge in [0, 0.05) is 25.3 Å². The lowest BCUT2D eigenvalue weighted by molar-refractivity contribution is 0.161.